The average molecular weight is 335 g/mol. The fourth-order valence-corrected chi connectivity index (χ4v) is 2.19. The zero-order valence-corrected chi connectivity index (χ0v) is 13.3. The van der Waals surface area contributed by atoms with Crippen LogP contribution in [0.25, 0.3) is 0 Å². The molecule has 1 amide bonds. The summed E-state index contributed by atoms with van der Waals surface area (Å²) < 4.78 is 5.33. The molecular formula is C13H16Cl2N2O2S. The zero-order valence-electron chi connectivity index (χ0n) is 11.0. The maximum Gasteiger partial charge on any atom is 0.258 e. The van der Waals surface area contributed by atoms with E-state index in [-0.39, 0.29) is 23.5 Å². The van der Waals surface area contributed by atoms with Gasteiger partial charge >= 0.3 is 0 Å². The van der Waals surface area contributed by atoms with Crippen molar-refractivity contribution in [2.75, 3.05) is 6.61 Å². The Kier molecular flexibility index (Phi) is 7.05. The van der Waals surface area contributed by atoms with E-state index in [0.717, 1.165) is 6.42 Å². The molecular weight excluding hydrogens is 319 g/mol. The molecule has 0 bridgehead atoms. The van der Waals surface area contributed by atoms with Crippen LogP contribution in [0.4, 0.5) is 0 Å². The molecule has 20 heavy (non-hydrogen) atoms. The molecule has 0 spiro atoms. The molecule has 110 valence electrons. The molecule has 0 aliphatic rings. The van der Waals surface area contributed by atoms with Crippen LogP contribution in [-0.2, 0) is 4.79 Å². The van der Waals surface area contributed by atoms with Gasteiger partial charge in [0.15, 0.2) is 6.61 Å². The summed E-state index contributed by atoms with van der Waals surface area (Å²) in [6.07, 6.45) is 1.56. The molecule has 4 nitrogen and oxygen atoms in total. The van der Waals surface area contributed by atoms with Crippen molar-refractivity contribution < 1.29 is 9.53 Å². The van der Waals surface area contributed by atoms with Crippen LogP contribution in [0.3, 0.4) is 0 Å². The van der Waals surface area contributed by atoms with Gasteiger partial charge in [-0.1, -0.05) is 48.8 Å². The Morgan fingerprint density at radius 3 is 2.75 bits per heavy atom. The van der Waals surface area contributed by atoms with Gasteiger partial charge in [0.2, 0.25) is 0 Å². The van der Waals surface area contributed by atoms with Crippen LogP contribution in [0.15, 0.2) is 18.2 Å². The second-order valence-electron chi connectivity index (χ2n) is 4.17. The Morgan fingerprint density at radius 2 is 2.20 bits per heavy atom. The highest BCUT2D eigenvalue weighted by atomic mass is 35.5. The van der Waals surface area contributed by atoms with Gasteiger partial charge in [0.05, 0.1) is 16.1 Å². The summed E-state index contributed by atoms with van der Waals surface area (Å²) in [6.45, 7) is 1.82. The number of carbonyl (C=O) groups excluding carboxylic acids is 1. The van der Waals surface area contributed by atoms with Gasteiger partial charge in [-0.15, -0.1) is 0 Å². The van der Waals surface area contributed by atoms with Crippen LogP contribution in [0.5, 0.6) is 5.75 Å². The average Bonchev–Trinajstić information content (AvgIpc) is 2.37. The lowest BCUT2D eigenvalue weighted by Crippen LogP contribution is -2.45. The van der Waals surface area contributed by atoms with Gasteiger partial charge in [0, 0.05) is 5.02 Å². The molecule has 0 aliphatic heterocycles. The summed E-state index contributed by atoms with van der Waals surface area (Å²) in [4.78, 5) is 12.0. The Balaban J connectivity index is 2.52. The third-order valence-electron chi connectivity index (χ3n) is 2.51. The monoisotopic (exact) mass is 334 g/mol. The lowest BCUT2D eigenvalue weighted by molar-refractivity contribution is -0.123. The highest BCUT2D eigenvalue weighted by molar-refractivity contribution is 7.80. The van der Waals surface area contributed by atoms with Gasteiger partial charge in [-0.25, -0.2) is 0 Å². The molecule has 0 fully saturated rings. The van der Waals surface area contributed by atoms with Gasteiger partial charge in [0.25, 0.3) is 5.91 Å². The van der Waals surface area contributed by atoms with Crippen LogP contribution >= 0.6 is 35.4 Å². The van der Waals surface area contributed by atoms with E-state index in [1.807, 2.05) is 6.92 Å². The predicted octanol–water partition coefficient (Wildman–Crippen LogP) is 2.94. The standard InChI is InChI=1S/C13H16Cl2N2O2S/c1-2-3-10(13(16)20)17-12(18)7-19-11-5-4-8(14)6-9(11)15/h4-6,10H,2-3,7H2,1H3,(H2,16,20)(H,17,18)/t10-/m0/s1. The molecule has 1 atom stereocenters. The summed E-state index contributed by atoms with van der Waals surface area (Å²) in [7, 11) is 0. The van der Waals surface area contributed by atoms with Crippen molar-refractivity contribution in [3.8, 4) is 5.75 Å². The SMILES string of the molecule is CCC[C@H](NC(=O)COc1ccc(Cl)cc1Cl)C(N)=S. The number of nitrogens with one attached hydrogen (secondary N) is 1. The Labute approximate surface area is 133 Å². The lowest BCUT2D eigenvalue weighted by atomic mass is 10.1. The number of amides is 1. The van der Waals surface area contributed by atoms with Gasteiger partial charge in [-0.3, -0.25) is 4.79 Å². The molecule has 1 rings (SSSR count). The normalized spacial score (nSPS) is 11.8. The van der Waals surface area contributed by atoms with Crippen molar-refractivity contribution in [2.45, 2.75) is 25.8 Å². The van der Waals surface area contributed by atoms with Crippen LogP contribution in [0.1, 0.15) is 19.8 Å². The maximum atomic E-state index is 11.8. The number of benzene rings is 1. The van der Waals surface area contributed by atoms with E-state index in [4.69, 9.17) is 45.9 Å². The Hall–Kier alpha value is -1.04. The number of halogens is 2. The van der Waals surface area contributed by atoms with E-state index in [1.54, 1.807) is 18.2 Å². The molecule has 0 unspecified atom stereocenters. The fourth-order valence-electron chi connectivity index (χ4n) is 1.55. The quantitative estimate of drug-likeness (QED) is 0.752. The number of hydrogen-bond acceptors (Lipinski definition) is 3. The summed E-state index contributed by atoms with van der Waals surface area (Å²) in [5.41, 5.74) is 5.56. The number of ether oxygens (including phenoxy) is 1. The highest BCUT2D eigenvalue weighted by Crippen LogP contribution is 2.27. The Bertz CT molecular complexity index is 497. The summed E-state index contributed by atoms with van der Waals surface area (Å²) in [5.74, 6) is 0.0934. The molecule has 7 heteroatoms. The number of hydrogen-bond donors (Lipinski definition) is 2. The predicted molar refractivity (Wildman–Crippen MR) is 85.6 cm³/mol. The second kappa shape index (κ2) is 8.29. The first-order valence-electron chi connectivity index (χ1n) is 6.10. The number of thiocarbonyl (C=S) groups is 1. The zero-order chi connectivity index (χ0) is 15.1. The van der Waals surface area contributed by atoms with Crippen molar-refractivity contribution in [1.29, 1.82) is 0 Å². The molecule has 0 aromatic heterocycles. The smallest absolute Gasteiger partial charge is 0.258 e. The van der Waals surface area contributed by atoms with E-state index in [0.29, 0.717) is 22.2 Å². The van der Waals surface area contributed by atoms with Crippen molar-refractivity contribution in [3.63, 3.8) is 0 Å². The highest BCUT2D eigenvalue weighted by Gasteiger charge is 2.14. The van der Waals surface area contributed by atoms with Crippen molar-refractivity contribution in [1.82, 2.24) is 5.32 Å². The molecule has 0 saturated heterocycles. The minimum absolute atomic E-state index is 0.163. The third kappa shape index (κ3) is 5.53. The molecule has 0 radical (unpaired) electrons. The van der Waals surface area contributed by atoms with Gasteiger partial charge in [-0.2, -0.15) is 0 Å². The fraction of sp³-hybridized carbons (Fsp3) is 0.385. The third-order valence-corrected chi connectivity index (χ3v) is 3.32. The van der Waals surface area contributed by atoms with Gasteiger partial charge < -0.3 is 15.8 Å². The van der Waals surface area contributed by atoms with E-state index in [1.165, 1.54) is 0 Å². The number of rotatable bonds is 7. The van der Waals surface area contributed by atoms with Gasteiger partial charge in [-0.05, 0) is 24.6 Å². The van der Waals surface area contributed by atoms with Crippen LogP contribution in [0.2, 0.25) is 10.0 Å². The van der Waals surface area contributed by atoms with Gasteiger partial charge in [0.1, 0.15) is 5.75 Å². The molecule has 1 aromatic rings. The molecule has 0 saturated carbocycles. The van der Waals surface area contributed by atoms with Crippen molar-refractivity contribution in [3.05, 3.63) is 28.2 Å². The van der Waals surface area contributed by atoms with Crippen molar-refractivity contribution >= 4 is 46.3 Å². The first kappa shape index (κ1) is 17.0. The lowest BCUT2D eigenvalue weighted by Gasteiger charge is -2.17. The van der Waals surface area contributed by atoms with E-state index in [9.17, 15) is 4.79 Å². The van der Waals surface area contributed by atoms with E-state index < -0.39 is 0 Å². The van der Waals surface area contributed by atoms with Crippen LogP contribution in [0, 0.1) is 0 Å². The minimum atomic E-state index is -0.313. The van der Waals surface area contributed by atoms with Crippen LogP contribution < -0.4 is 15.8 Å². The largest absolute Gasteiger partial charge is 0.482 e. The summed E-state index contributed by atoms with van der Waals surface area (Å²) >= 11 is 16.6. The summed E-state index contributed by atoms with van der Waals surface area (Å²) in [6, 6.07) is 4.47. The minimum Gasteiger partial charge on any atom is -0.482 e. The first-order valence-corrected chi connectivity index (χ1v) is 7.27. The molecule has 1 aromatic carbocycles. The summed E-state index contributed by atoms with van der Waals surface area (Å²) in [5, 5.41) is 3.57. The van der Waals surface area contributed by atoms with E-state index in [2.05, 4.69) is 5.32 Å². The topological polar surface area (TPSA) is 64.3 Å². The van der Waals surface area contributed by atoms with Crippen molar-refractivity contribution in [2.24, 2.45) is 5.73 Å². The van der Waals surface area contributed by atoms with E-state index >= 15 is 0 Å². The first-order chi connectivity index (χ1) is 9.43. The molecule has 0 aliphatic carbocycles. The Morgan fingerprint density at radius 1 is 1.50 bits per heavy atom. The number of carbonyl (C=O) groups is 1. The van der Waals surface area contributed by atoms with Crippen LogP contribution in [-0.4, -0.2) is 23.5 Å². The molecule has 0 heterocycles. The number of nitrogens with two attached hydrogens (primary N) is 1. The second-order valence-corrected chi connectivity index (χ2v) is 5.49. The maximum absolute atomic E-state index is 11.8. The molecule has 3 N–H and O–H groups in total.